The van der Waals surface area contributed by atoms with Gasteiger partial charge in [0, 0.05) is 25.0 Å². The minimum Gasteiger partial charge on any atom is -0.396 e. The predicted molar refractivity (Wildman–Crippen MR) is 71.4 cm³/mol. The molecule has 2 aromatic heterocycles. The first kappa shape index (κ1) is 13.7. The topological polar surface area (TPSA) is 88.8 Å². The Hall–Kier alpha value is -1.73. The van der Waals surface area contributed by atoms with E-state index in [9.17, 15) is 0 Å². The Morgan fingerprint density at radius 1 is 1.42 bits per heavy atom. The molecule has 2 N–H and O–H groups in total. The number of imidazole rings is 1. The van der Waals surface area contributed by atoms with Crippen LogP contribution in [-0.4, -0.2) is 42.3 Å². The molecule has 0 aliphatic carbocycles. The first-order chi connectivity index (χ1) is 9.19. The van der Waals surface area contributed by atoms with Crippen molar-refractivity contribution in [2.75, 3.05) is 11.9 Å². The van der Waals surface area contributed by atoms with Gasteiger partial charge in [-0.1, -0.05) is 0 Å². The van der Waals surface area contributed by atoms with Crippen LogP contribution in [0.4, 0.5) is 5.95 Å². The number of hydrogen-bond acceptors (Lipinski definition) is 6. The van der Waals surface area contributed by atoms with Crippen LogP contribution in [0.5, 0.6) is 0 Å². The molecule has 102 valence electrons. The highest BCUT2D eigenvalue weighted by molar-refractivity contribution is 6.28. The zero-order chi connectivity index (χ0) is 13.7. The van der Waals surface area contributed by atoms with E-state index in [1.165, 1.54) is 0 Å². The van der Waals surface area contributed by atoms with Crippen LogP contribution in [0.15, 0.2) is 18.7 Å². The molecule has 0 amide bonds. The predicted octanol–water partition coefficient (Wildman–Crippen LogP) is 1.28. The van der Waals surface area contributed by atoms with E-state index in [1.807, 2.05) is 6.92 Å². The lowest BCUT2D eigenvalue weighted by atomic mass is 10.2. The maximum absolute atomic E-state index is 8.79. The summed E-state index contributed by atoms with van der Waals surface area (Å²) in [7, 11) is 0. The fraction of sp³-hybridized carbons (Fsp3) is 0.455. The summed E-state index contributed by atoms with van der Waals surface area (Å²) >= 11 is 5.88. The van der Waals surface area contributed by atoms with Gasteiger partial charge in [-0.05, 0) is 31.4 Å². The third kappa shape index (κ3) is 3.87. The molecule has 19 heavy (non-hydrogen) atoms. The smallest absolute Gasteiger partial charge is 0.241 e. The van der Waals surface area contributed by atoms with Crippen LogP contribution >= 0.6 is 11.6 Å². The molecule has 0 fully saturated rings. The maximum Gasteiger partial charge on any atom is 0.241 e. The number of halogens is 1. The van der Waals surface area contributed by atoms with Gasteiger partial charge in [0.2, 0.25) is 17.2 Å². The van der Waals surface area contributed by atoms with Gasteiger partial charge in [-0.3, -0.25) is 4.57 Å². The molecular weight excluding hydrogens is 268 g/mol. The van der Waals surface area contributed by atoms with Crippen molar-refractivity contribution >= 4 is 17.5 Å². The number of rotatable bonds is 6. The molecule has 2 rings (SSSR count). The van der Waals surface area contributed by atoms with Crippen molar-refractivity contribution in [1.82, 2.24) is 24.5 Å². The maximum atomic E-state index is 8.79. The highest BCUT2D eigenvalue weighted by Crippen LogP contribution is 2.11. The van der Waals surface area contributed by atoms with Gasteiger partial charge in [-0.25, -0.2) is 4.98 Å². The van der Waals surface area contributed by atoms with Gasteiger partial charge in [-0.15, -0.1) is 0 Å². The minimum absolute atomic E-state index is 0.121. The molecule has 7 nitrogen and oxygen atoms in total. The summed E-state index contributed by atoms with van der Waals surface area (Å²) in [4.78, 5) is 16.3. The number of nitrogens with zero attached hydrogens (tertiary/aromatic N) is 5. The van der Waals surface area contributed by atoms with E-state index < -0.39 is 0 Å². The molecule has 0 bridgehead atoms. The van der Waals surface area contributed by atoms with Gasteiger partial charge in [0.05, 0.1) is 0 Å². The van der Waals surface area contributed by atoms with Crippen molar-refractivity contribution < 1.29 is 5.11 Å². The molecule has 1 atom stereocenters. The van der Waals surface area contributed by atoms with E-state index in [4.69, 9.17) is 16.7 Å². The summed E-state index contributed by atoms with van der Waals surface area (Å²) in [6.07, 6.45) is 6.49. The Bertz CT molecular complexity index is 518. The Balaban J connectivity index is 2.13. The Morgan fingerprint density at radius 3 is 2.95 bits per heavy atom. The normalized spacial score (nSPS) is 12.4. The van der Waals surface area contributed by atoms with Crippen molar-refractivity contribution in [2.45, 2.75) is 25.8 Å². The summed E-state index contributed by atoms with van der Waals surface area (Å²) in [5.41, 5.74) is 0. The van der Waals surface area contributed by atoms with Gasteiger partial charge in [0.25, 0.3) is 0 Å². The lowest BCUT2D eigenvalue weighted by molar-refractivity contribution is 0.282. The fourth-order valence-corrected chi connectivity index (χ4v) is 1.74. The average molecular weight is 283 g/mol. The van der Waals surface area contributed by atoms with E-state index in [-0.39, 0.29) is 17.9 Å². The standard InChI is InChI=1S/C11H15ClN6O/c1-8(3-2-6-19)14-10-15-9(12)16-11(17-10)18-5-4-13-7-18/h4-5,7-8,19H,2-3,6H2,1H3,(H,14,15,16,17). The number of aliphatic hydroxyl groups is 1. The zero-order valence-corrected chi connectivity index (χ0v) is 11.2. The molecule has 2 heterocycles. The molecule has 0 saturated carbocycles. The van der Waals surface area contributed by atoms with E-state index >= 15 is 0 Å². The quantitative estimate of drug-likeness (QED) is 0.830. The highest BCUT2D eigenvalue weighted by Gasteiger charge is 2.09. The number of nitrogens with one attached hydrogen (secondary N) is 1. The fourth-order valence-electron chi connectivity index (χ4n) is 1.59. The minimum atomic E-state index is 0.121. The van der Waals surface area contributed by atoms with E-state index in [0.29, 0.717) is 11.9 Å². The second-order valence-electron chi connectivity index (χ2n) is 4.11. The highest BCUT2D eigenvalue weighted by atomic mass is 35.5. The number of aromatic nitrogens is 5. The van der Waals surface area contributed by atoms with E-state index in [2.05, 4.69) is 25.3 Å². The molecule has 2 aromatic rings. The van der Waals surface area contributed by atoms with Crippen molar-refractivity contribution in [3.63, 3.8) is 0 Å². The summed E-state index contributed by atoms with van der Waals surface area (Å²) in [5.74, 6) is 0.823. The third-order valence-corrected chi connectivity index (χ3v) is 2.67. The number of hydrogen-bond donors (Lipinski definition) is 2. The molecule has 0 saturated heterocycles. The van der Waals surface area contributed by atoms with E-state index in [1.54, 1.807) is 23.3 Å². The first-order valence-corrected chi connectivity index (χ1v) is 6.34. The molecule has 0 spiro atoms. The van der Waals surface area contributed by atoms with Gasteiger partial charge >= 0.3 is 0 Å². The average Bonchev–Trinajstić information content (AvgIpc) is 2.89. The molecule has 0 aromatic carbocycles. The van der Waals surface area contributed by atoms with Gasteiger partial charge in [-0.2, -0.15) is 15.0 Å². The van der Waals surface area contributed by atoms with Crippen LogP contribution in [0.3, 0.4) is 0 Å². The summed E-state index contributed by atoms with van der Waals surface area (Å²) in [6.45, 7) is 2.16. The monoisotopic (exact) mass is 282 g/mol. The largest absolute Gasteiger partial charge is 0.396 e. The van der Waals surface area contributed by atoms with Crippen LogP contribution < -0.4 is 5.32 Å². The van der Waals surface area contributed by atoms with Crippen LogP contribution in [0.1, 0.15) is 19.8 Å². The number of anilines is 1. The zero-order valence-electron chi connectivity index (χ0n) is 10.5. The van der Waals surface area contributed by atoms with E-state index in [0.717, 1.165) is 12.8 Å². The van der Waals surface area contributed by atoms with Crippen molar-refractivity contribution in [3.05, 3.63) is 24.0 Å². The molecular formula is C11H15ClN6O. The summed E-state index contributed by atoms with van der Waals surface area (Å²) in [5, 5.41) is 12.0. The second-order valence-corrected chi connectivity index (χ2v) is 4.45. The Labute approximate surface area is 115 Å². The Kier molecular flexibility index (Phi) is 4.64. The Morgan fingerprint density at radius 2 is 2.26 bits per heavy atom. The molecule has 8 heteroatoms. The molecule has 0 aliphatic heterocycles. The lowest BCUT2D eigenvalue weighted by Gasteiger charge is -2.13. The van der Waals surface area contributed by atoms with Crippen LogP contribution in [-0.2, 0) is 0 Å². The summed E-state index contributed by atoms with van der Waals surface area (Å²) in [6, 6.07) is 0.140. The number of aliphatic hydroxyl groups excluding tert-OH is 1. The van der Waals surface area contributed by atoms with Crippen LogP contribution in [0, 0.1) is 0 Å². The van der Waals surface area contributed by atoms with Crippen LogP contribution in [0.2, 0.25) is 5.28 Å². The molecule has 1 unspecified atom stereocenters. The SMILES string of the molecule is CC(CCCO)Nc1nc(Cl)nc(-n2ccnc2)n1. The molecule has 0 aliphatic rings. The lowest BCUT2D eigenvalue weighted by Crippen LogP contribution is -2.18. The van der Waals surface area contributed by atoms with Crippen molar-refractivity contribution in [1.29, 1.82) is 0 Å². The van der Waals surface area contributed by atoms with Gasteiger partial charge in [0.15, 0.2) is 0 Å². The van der Waals surface area contributed by atoms with Gasteiger partial charge in [0.1, 0.15) is 6.33 Å². The van der Waals surface area contributed by atoms with Crippen molar-refractivity contribution in [2.24, 2.45) is 0 Å². The van der Waals surface area contributed by atoms with Gasteiger partial charge < -0.3 is 10.4 Å². The third-order valence-electron chi connectivity index (χ3n) is 2.50. The summed E-state index contributed by atoms with van der Waals surface area (Å²) < 4.78 is 1.65. The first-order valence-electron chi connectivity index (χ1n) is 5.96. The second kappa shape index (κ2) is 6.44. The molecule has 0 radical (unpaired) electrons. The van der Waals surface area contributed by atoms with Crippen LogP contribution in [0.25, 0.3) is 5.95 Å². The van der Waals surface area contributed by atoms with Crippen molar-refractivity contribution in [3.8, 4) is 5.95 Å².